The molecule has 2 saturated heterocycles. The summed E-state index contributed by atoms with van der Waals surface area (Å²) in [5, 5.41) is 7.02. The molecule has 0 spiro atoms. The van der Waals surface area contributed by atoms with Crippen molar-refractivity contribution < 1.29 is 9.53 Å². The Bertz CT molecular complexity index is 708. The summed E-state index contributed by atoms with van der Waals surface area (Å²) in [6.45, 7) is 7.88. The Labute approximate surface area is 187 Å². The van der Waals surface area contributed by atoms with Crippen LogP contribution in [0.3, 0.4) is 0 Å². The highest BCUT2D eigenvalue weighted by Crippen LogP contribution is 2.16. The summed E-state index contributed by atoms with van der Waals surface area (Å²) >= 11 is 0. The molecule has 1 amide bonds. The number of aliphatic imine (C=N–C) groups is 1. The van der Waals surface area contributed by atoms with E-state index in [9.17, 15) is 4.79 Å². The number of rotatable bonds is 6. The lowest BCUT2D eigenvalue weighted by molar-refractivity contribution is 0.0963. The highest BCUT2D eigenvalue weighted by Gasteiger charge is 2.24. The van der Waals surface area contributed by atoms with Gasteiger partial charge in [-0.1, -0.05) is 37.1 Å². The van der Waals surface area contributed by atoms with Crippen LogP contribution in [0.4, 0.5) is 4.79 Å². The van der Waals surface area contributed by atoms with E-state index in [0.29, 0.717) is 25.7 Å². The lowest BCUT2D eigenvalue weighted by Crippen LogP contribution is -2.49. The van der Waals surface area contributed by atoms with Crippen LogP contribution in [0, 0.1) is 0 Å². The highest BCUT2D eigenvalue weighted by molar-refractivity contribution is 5.80. The molecule has 2 N–H and O–H groups in total. The second kappa shape index (κ2) is 12.5. The molecule has 2 aliphatic rings. The Kier molecular flexibility index (Phi) is 9.46. The number of hydrogen-bond acceptors (Lipinski definition) is 4. The van der Waals surface area contributed by atoms with E-state index < -0.39 is 0 Å². The molecule has 0 aliphatic carbocycles. The molecule has 0 saturated carbocycles. The van der Waals surface area contributed by atoms with E-state index in [1.807, 2.05) is 14.0 Å². The van der Waals surface area contributed by atoms with Gasteiger partial charge in [-0.15, -0.1) is 0 Å². The highest BCUT2D eigenvalue weighted by atomic mass is 16.6. The molecular formula is C24H39N5O2. The maximum Gasteiger partial charge on any atom is 0.409 e. The fourth-order valence-corrected chi connectivity index (χ4v) is 4.41. The van der Waals surface area contributed by atoms with Crippen LogP contribution >= 0.6 is 0 Å². The number of benzene rings is 1. The molecule has 2 heterocycles. The van der Waals surface area contributed by atoms with Gasteiger partial charge in [0, 0.05) is 39.3 Å². The third kappa shape index (κ3) is 7.42. The van der Waals surface area contributed by atoms with E-state index in [-0.39, 0.29) is 6.09 Å². The third-order valence-corrected chi connectivity index (χ3v) is 6.24. The normalized spacial score (nSPS) is 19.0. The van der Waals surface area contributed by atoms with Crippen molar-refractivity contribution in [2.75, 3.05) is 39.8 Å². The first-order valence-corrected chi connectivity index (χ1v) is 11.9. The van der Waals surface area contributed by atoms with Crippen molar-refractivity contribution in [2.24, 2.45) is 4.99 Å². The Hall–Kier alpha value is -2.28. The Morgan fingerprint density at radius 2 is 1.74 bits per heavy atom. The molecular weight excluding hydrogens is 390 g/mol. The summed E-state index contributed by atoms with van der Waals surface area (Å²) in [6, 6.07) is 9.03. The molecule has 1 aromatic carbocycles. The molecule has 172 valence electrons. The number of piperidine rings is 1. The number of amides is 1. The second-order valence-corrected chi connectivity index (χ2v) is 8.49. The van der Waals surface area contributed by atoms with Gasteiger partial charge < -0.3 is 20.3 Å². The van der Waals surface area contributed by atoms with Crippen LogP contribution in [0.2, 0.25) is 0 Å². The van der Waals surface area contributed by atoms with E-state index in [0.717, 1.165) is 31.9 Å². The topological polar surface area (TPSA) is 69.2 Å². The smallest absolute Gasteiger partial charge is 0.409 e. The lowest BCUT2D eigenvalue weighted by Gasteiger charge is -2.32. The summed E-state index contributed by atoms with van der Waals surface area (Å²) in [5.41, 5.74) is 2.72. The minimum absolute atomic E-state index is 0.204. The SMILES string of the molecule is CCOC(=O)N1CCC(NC(=NC)NCc2ccccc2CN2CCCCCC2)CC1. The molecule has 7 heteroatoms. The molecule has 1 aromatic rings. The van der Waals surface area contributed by atoms with E-state index in [1.54, 1.807) is 4.90 Å². The van der Waals surface area contributed by atoms with Crippen molar-refractivity contribution in [2.45, 2.75) is 64.6 Å². The van der Waals surface area contributed by atoms with Gasteiger partial charge >= 0.3 is 6.09 Å². The molecule has 0 aromatic heterocycles. The average molecular weight is 430 g/mol. The van der Waals surface area contributed by atoms with Gasteiger partial charge in [0.05, 0.1) is 6.61 Å². The zero-order valence-corrected chi connectivity index (χ0v) is 19.2. The van der Waals surface area contributed by atoms with Crippen molar-refractivity contribution in [1.82, 2.24) is 20.4 Å². The fraction of sp³-hybridized carbons (Fsp3) is 0.667. The summed E-state index contributed by atoms with van der Waals surface area (Å²) in [4.78, 5) is 20.7. The molecule has 0 atom stereocenters. The number of carbonyl (C=O) groups is 1. The van der Waals surface area contributed by atoms with Crippen molar-refractivity contribution in [3.63, 3.8) is 0 Å². The van der Waals surface area contributed by atoms with Crippen LogP contribution in [0.15, 0.2) is 29.3 Å². The first-order chi connectivity index (χ1) is 15.2. The summed E-state index contributed by atoms with van der Waals surface area (Å²) in [6.07, 6.45) is 6.93. The van der Waals surface area contributed by atoms with Crippen LogP contribution in [0.25, 0.3) is 0 Å². The Morgan fingerprint density at radius 1 is 1.06 bits per heavy atom. The number of hydrogen-bond donors (Lipinski definition) is 2. The van der Waals surface area contributed by atoms with Crippen LogP contribution in [-0.2, 0) is 17.8 Å². The van der Waals surface area contributed by atoms with Gasteiger partial charge in [0.15, 0.2) is 5.96 Å². The maximum absolute atomic E-state index is 11.9. The molecule has 2 fully saturated rings. The van der Waals surface area contributed by atoms with Gasteiger partial charge in [0.25, 0.3) is 0 Å². The largest absolute Gasteiger partial charge is 0.450 e. The summed E-state index contributed by atoms with van der Waals surface area (Å²) in [7, 11) is 1.81. The Balaban J connectivity index is 1.48. The zero-order chi connectivity index (χ0) is 21.9. The minimum atomic E-state index is -0.204. The van der Waals surface area contributed by atoms with E-state index in [1.165, 1.54) is 49.9 Å². The molecule has 0 radical (unpaired) electrons. The van der Waals surface area contributed by atoms with Crippen LogP contribution in [-0.4, -0.2) is 67.7 Å². The van der Waals surface area contributed by atoms with Gasteiger partial charge in [-0.2, -0.15) is 0 Å². The van der Waals surface area contributed by atoms with Crippen LogP contribution in [0.5, 0.6) is 0 Å². The first-order valence-electron chi connectivity index (χ1n) is 11.9. The molecule has 0 bridgehead atoms. The number of nitrogens with zero attached hydrogens (tertiary/aromatic N) is 3. The first kappa shape index (κ1) is 23.4. The van der Waals surface area contributed by atoms with Crippen LogP contribution in [0.1, 0.15) is 56.6 Å². The molecule has 2 aliphatic heterocycles. The monoisotopic (exact) mass is 429 g/mol. The number of likely N-dealkylation sites (tertiary alicyclic amines) is 2. The van der Waals surface area contributed by atoms with E-state index in [2.05, 4.69) is 44.8 Å². The quantitative estimate of drug-likeness (QED) is 0.536. The standard InChI is InChI=1S/C24H39N5O2/c1-3-31-24(30)29-16-12-22(13-17-29)27-23(25-2)26-18-20-10-6-7-11-21(20)19-28-14-8-4-5-9-15-28/h6-7,10-11,22H,3-5,8-9,12-19H2,1-2H3,(H2,25,26,27). The third-order valence-electron chi connectivity index (χ3n) is 6.24. The maximum atomic E-state index is 11.9. The van der Waals surface area contributed by atoms with Crippen molar-refractivity contribution >= 4 is 12.1 Å². The molecule has 31 heavy (non-hydrogen) atoms. The van der Waals surface area contributed by atoms with Gasteiger partial charge in [-0.25, -0.2) is 4.79 Å². The predicted molar refractivity (Wildman–Crippen MR) is 125 cm³/mol. The zero-order valence-electron chi connectivity index (χ0n) is 19.2. The van der Waals surface area contributed by atoms with Gasteiger partial charge in [0.2, 0.25) is 0 Å². The number of carbonyl (C=O) groups excluding carboxylic acids is 1. The molecule has 3 rings (SSSR count). The summed E-state index contributed by atoms with van der Waals surface area (Å²) < 4.78 is 5.11. The van der Waals surface area contributed by atoms with Crippen molar-refractivity contribution in [1.29, 1.82) is 0 Å². The fourth-order valence-electron chi connectivity index (χ4n) is 4.41. The minimum Gasteiger partial charge on any atom is -0.450 e. The van der Waals surface area contributed by atoms with Gasteiger partial charge in [-0.05, 0) is 56.8 Å². The second-order valence-electron chi connectivity index (χ2n) is 8.49. The van der Waals surface area contributed by atoms with Gasteiger partial charge in [-0.3, -0.25) is 9.89 Å². The average Bonchev–Trinajstić information content (AvgIpc) is 3.07. The van der Waals surface area contributed by atoms with Crippen LogP contribution < -0.4 is 10.6 Å². The summed E-state index contributed by atoms with van der Waals surface area (Å²) in [5.74, 6) is 0.819. The predicted octanol–water partition coefficient (Wildman–Crippen LogP) is 3.35. The van der Waals surface area contributed by atoms with Crippen molar-refractivity contribution in [3.05, 3.63) is 35.4 Å². The number of ether oxygens (including phenoxy) is 1. The van der Waals surface area contributed by atoms with E-state index >= 15 is 0 Å². The van der Waals surface area contributed by atoms with E-state index in [4.69, 9.17) is 4.74 Å². The number of guanidine groups is 1. The molecule has 7 nitrogen and oxygen atoms in total. The lowest BCUT2D eigenvalue weighted by atomic mass is 10.1. The van der Waals surface area contributed by atoms with Crippen molar-refractivity contribution in [3.8, 4) is 0 Å². The molecule has 0 unspecified atom stereocenters. The Morgan fingerprint density at radius 3 is 2.39 bits per heavy atom. The van der Waals surface area contributed by atoms with Gasteiger partial charge in [0.1, 0.15) is 0 Å². The number of nitrogens with one attached hydrogen (secondary N) is 2.